The molecule has 0 saturated heterocycles. The molecule has 11 heteroatoms. The predicted molar refractivity (Wildman–Crippen MR) is 155 cm³/mol. The van der Waals surface area contributed by atoms with Crippen molar-refractivity contribution in [2.24, 2.45) is 0 Å². The lowest BCUT2D eigenvalue weighted by Crippen LogP contribution is -2.65. The fourth-order valence-electron chi connectivity index (χ4n) is 4.94. The summed E-state index contributed by atoms with van der Waals surface area (Å²) in [4.78, 5) is 11.3. The Kier molecular flexibility index (Phi) is 11.1. The lowest BCUT2D eigenvalue weighted by molar-refractivity contribution is 0.0884. The van der Waals surface area contributed by atoms with Crippen molar-refractivity contribution in [3.8, 4) is 11.8 Å². The molecule has 0 aromatic heterocycles. The number of ether oxygens (including phenoxy) is 1. The van der Waals surface area contributed by atoms with Gasteiger partial charge in [-0.15, -0.1) is 0 Å². The van der Waals surface area contributed by atoms with Crippen LogP contribution >= 0.6 is 12.2 Å². The van der Waals surface area contributed by atoms with E-state index in [9.17, 15) is 10.1 Å². The minimum absolute atomic E-state index is 0.00899. The molecule has 1 amide bonds. The van der Waals surface area contributed by atoms with Crippen molar-refractivity contribution in [3.05, 3.63) is 53.6 Å². The van der Waals surface area contributed by atoms with Gasteiger partial charge in [0, 0.05) is 19.3 Å². The number of nitriles is 1. The SMILES string of the molecule is COCC(C)(F)[Si](Oc1ccccc1NC(=S)CNc1ccc(C#N)c(CNC(=O)O)c1)(C(C)C)C(C)C. The first-order valence-corrected chi connectivity index (χ1v) is 14.8. The molecule has 0 aliphatic rings. The maximum Gasteiger partial charge on any atom is 0.404 e. The number of nitrogens with zero attached hydrogens (tertiary/aromatic N) is 1. The van der Waals surface area contributed by atoms with Gasteiger partial charge in [-0.25, -0.2) is 9.18 Å². The van der Waals surface area contributed by atoms with E-state index in [2.05, 4.69) is 22.0 Å². The smallest absolute Gasteiger partial charge is 0.404 e. The highest BCUT2D eigenvalue weighted by Crippen LogP contribution is 2.45. The average molecular weight is 561 g/mol. The van der Waals surface area contributed by atoms with E-state index in [1.54, 1.807) is 25.1 Å². The summed E-state index contributed by atoms with van der Waals surface area (Å²) in [6.45, 7) is 9.81. The van der Waals surface area contributed by atoms with Crippen molar-refractivity contribution in [1.29, 1.82) is 5.26 Å². The Balaban J connectivity index is 2.23. The van der Waals surface area contributed by atoms with Gasteiger partial charge in [0.05, 0.1) is 35.5 Å². The number of amides is 1. The number of thiocarbonyl (C=S) groups is 1. The van der Waals surface area contributed by atoms with Crippen molar-refractivity contribution in [3.63, 3.8) is 0 Å². The summed E-state index contributed by atoms with van der Waals surface area (Å²) in [6, 6.07) is 14.5. The molecule has 4 N–H and O–H groups in total. The van der Waals surface area contributed by atoms with E-state index in [0.717, 1.165) is 0 Å². The number of halogens is 1. The number of hydrogen-bond donors (Lipinski definition) is 4. The molecular formula is C27H37FN4O4SSi. The number of hydrogen-bond acceptors (Lipinski definition) is 6. The van der Waals surface area contributed by atoms with Gasteiger partial charge in [-0.1, -0.05) is 52.0 Å². The molecule has 1 atom stereocenters. The van der Waals surface area contributed by atoms with E-state index in [0.29, 0.717) is 33.2 Å². The van der Waals surface area contributed by atoms with Crippen LogP contribution in [0.4, 0.5) is 20.6 Å². The van der Waals surface area contributed by atoms with Crippen LogP contribution in [0.25, 0.3) is 0 Å². The zero-order chi connectivity index (χ0) is 28.5. The minimum Gasteiger partial charge on any atom is -0.538 e. The van der Waals surface area contributed by atoms with Crippen LogP contribution in [0.1, 0.15) is 45.7 Å². The van der Waals surface area contributed by atoms with Crippen molar-refractivity contribution >= 4 is 43.0 Å². The molecule has 38 heavy (non-hydrogen) atoms. The van der Waals surface area contributed by atoms with Crippen molar-refractivity contribution in [2.45, 2.75) is 57.5 Å². The normalized spacial score (nSPS) is 12.9. The van der Waals surface area contributed by atoms with Crippen LogP contribution in [0.15, 0.2) is 42.5 Å². The number of anilines is 2. The second kappa shape index (κ2) is 13.5. The minimum atomic E-state index is -3.09. The molecule has 206 valence electrons. The molecule has 2 rings (SSSR count). The fourth-order valence-corrected chi connectivity index (χ4v) is 10.5. The number of nitrogens with one attached hydrogen (secondary N) is 3. The van der Waals surface area contributed by atoms with Gasteiger partial charge in [-0.3, -0.25) is 0 Å². The van der Waals surface area contributed by atoms with Crippen molar-refractivity contribution < 1.29 is 23.5 Å². The topological polar surface area (TPSA) is 116 Å². The first kappa shape index (κ1) is 31.0. The zero-order valence-electron chi connectivity index (χ0n) is 22.7. The quantitative estimate of drug-likeness (QED) is 0.168. The van der Waals surface area contributed by atoms with Crippen LogP contribution in [-0.2, 0) is 11.3 Å². The summed E-state index contributed by atoms with van der Waals surface area (Å²) < 4.78 is 28.1. The highest BCUT2D eigenvalue weighted by atomic mass is 32.1. The van der Waals surface area contributed by atoms with Crippen LogP contribution < -0.4 is 20.4 Å². The van der Waals surface area contributed by atoms with E-state index in [-0.39, 0.29) is 30.8 Å². The molecule has 0 fully saturated rings. The van der Waals surface area contributed by atoms with E-state index < -0.39 is 19.7 Å². The Labute approximate surface area is 230 Å². The Morgan fingerprint density at radius 1 is 1.21 bits per heavy atom. The van der Waals surface area contributed by atoms with Gasteiger partial charge in [-0.2, -0.15) is 5.26 Å². The molecule has 8 nitrogen and oxygen atoms in total. The number of methoxy groups -OCH3 is 1. The lowest BCUT2D eigenvalue weighted by Gasteiger charge is -2.46. The molecule has 1 unspecified atom stereocenters. The number of para-hydroxylation sites is 2. The van der Waals surface area contributed by atoms with Crippen molar-refractivity contribution in [1.82, 2.24) is 5.32 Å². The molecule has 0 bridgehead atoms. The largest absolute Gasteiger partial charge is 0.538 e. The van der Waals surface area contributed by atoms with Crippen LogP contribution in [-0.4, -0.2) is 50.1 Å². The van der Waals surface area contributed by atoms with E-state index >= 15 is 4.39 Å². The Bertz CT molecular complexity index is 1160. The number of carbonyl (C=O) groups is 1. The molecule has 0 aliphatic heterocycles. The van der Waals surface area contributed by atoms with Crippen LogP contribution in [0, 0.1) is 11.3 Å². The number of rotatable bonds is 13. The van der Waals surface area contributed by atoms with Crippen LogP contribution in [0.3, 0.4) is 0 Å². The van der Waals surface area contributed by atoms with Gasteiger partial charge in [0.15, 0.2) is 5.29 Å². The van der Waals surface area contributed by atoms with E-state index in [4.69, 9.17) is 26.5 Å². The number of benzene rings is 2. The summed E-state index contributed by atoms with van der Waals surface area (Å²) in [6.07, 6.45) is -1.17. The Hall–Kier alpha value is -3.20. The first-order valence-electron chi connectivity index (χ1n) is 12.4. The maximum atomic E-state index is 16.2. The summed E-state index contributed by atoms with van der Waals surface area (Å²) in [7, 11) is -1.59. The Morgan fingerprint density at radius 3 is 2.45 bits per heavy atom. The van der Waals surface area contributed by atoms with Gasteiger partial charge in [0.25, 0.3) is 8.32 Å². The van der Waals surface area contributed by atoms with Gasteiger partial charge in [0.1, 0.15) is 5.75 Å². The highest BCUT2D eigenvalue weighted by molar-refractivity contribution is 7.80. The maximum absolute atomic E-state index is 16.2. The van der Waals surface area contributed by atoms with Crippen LogP contribution in [0.5, 0.6) is 5.75 Å². The van der Waals surface area contributed by atoms with Gasteiger partial charge >= 0.3 is 6.09 Å². The monoisotopic (exact) mass is 560 g/mol. The second-order valence-corrected chi connectivity index (χ2v) is 15.5. The molecule has 2 aromatic rings. The van der Waals surface area contributed by atoms with Crippen molar-refractivity contribution in [2.75, 3.05) is 30.9 Å². The summed E-state index contributed by atoms with van der Waals surface area (Å²) in [5.41, 5.74) is 2.18. The average Bonchev–Trinajstić information content (AvgIpc) is 2.85. The number of alkyl halides is 1. The van der Waals surface area contributed by atoms with E-state index in [1.165, 1.54) is 7.11 Å². The standard InChI is InChI=1S/C27H37FN4O4SSi/c1-18(2)38(19(3)4,27(5,28)17-35-6)36-24-10-8-7-9-23(24)32-25(37)16-30-22-12-11-20(14-29)21(13-22)15-31-26(33)34/h7-13,18-19,30-31H,15-17H2,1-6H3,(H,32,37)(H,33,34). The Morgan fingerprint density at radius 2 is 1.87 bits per heavy atom. The lowest BCUT2D eigenvalue weighted by atomic mass is 10.1. The zero-order valence-corrected chi connectivity index (χ0v) is 24.5. The second-order valence-electron chi connectivity index (χ2n) is 9.88. The molecule has 0 saturated carbocycles. The molecule has 0 spiro atoms. The molecule has 0 aliphatic carbocycles. The molecule has 2 aromatic carbocycles. The van der Waals surface area contributed by atoms with Crippen LogP contribution in [0.2, 0.25) is 11.1 Å². The highest BCUT2D eigenvalue weighted by Gasteiger charge is 2.60. The predicted octanol–water partition coefficient (Wildman–Crippen LogP) is 6.24. The number of carboxylic acid groups (broad SMARTS) is 1. The third-order valence-corrected chi connectivity index (χ3v) is 12.5. The summed E-state index contributed by atoms with van der Waals surface area (Å²) in [5.74, 6) is 0.532. The van der Waals surface area contributed by atoms with Gasteiger partial charge in [-0.05, 0) is 53.9 Å². The summed E-state index contributed by atoms with van der Waals surface area (Å²) in [5, 5.41) is 25.2. The van der Waals surface area contributed by atoms with Gasteiger partial charge in [0.2, 0.25) is 0 Å². The molecular weight excluding hydrogens is 523 g/mol. The molecule has 0 radical (unpaired) electrons. The third kappa shape index (κ3) is 7.43. The first-order chi connectivity index (χ1) is 17.9. The summed E-state index contributed by atoms with van der Waals surface area (Å²) >= 11 is 5.57. The van der Waals surface area contributed by atoms with Gasteiger partial charge < -0.3 is 30.2 Å². The third-order valence-electron chi connectivity index (χ3n) is 6.49. The fraction of sp³-hybridized carbons (Fsp3) is 0.444. The molecule has 0 heterocycles. The van der Waals surface area contributed by atoms with E-state index in [1.807, 2.05) is 52.0 Å².